The molecule has 0 spiro atoms. The van der Waals surface area contributed by atoms with Gasteiger partial charge in [0.25, 0.3) is 0 Å². The predicted octanol–water partition coefficient (Wildman–Crippen LogP) is 3.65. The minimum absolute atomic E-state index is 0.0432. The number of benzene rings is 2. The number of ether oxygens (including phenoxy) is 1. The first-order chi connectivity index (χ1) is 16.4. The summed E-state index contributed by atoms with van der Waals surface area (Å²) >= 11 is 0. The zero-order chi connectivity index (χ0) is 23.7. The number of hydrogen-bond donors (Lipinski definition) is 2. The zero-order valence-electron chi connectivity index (χ0n) is 18.7. The van der Waals surface area contributed by atoms with Crippen LogP contribution in [0.15, 0.2) is 55.2 Å². The van der Waals surface area contributed by atoms with E-state index in [9.17, 15) is 13.9 Å². The van der Waals surface area contributed by atoms with Crippen molar-refractivity contribution in [3.8, 4) is 0 Å². The Morgan fingerprint density at radius 2 is 2.03 bits per heavy atom. The molecule has 3 heterocycles. The summed E-state index contributed by atoms with van der Waals surface area (Å²) in [6, 6.07) is 8.70. The highest BCUT2D eigenvalue weighted by Crippen LogP contribution is 2.37. The highest BCUT2D eigenvalue weighted by atomic mass is 19.1. The number of fused-ring (bicyclic) bond motifs is 1. The summed E-state index contributed by atoms with van der Waals surface area (Å²) in [5, 5.41) is 24.9. The van der Waals surface area contributed by atoms with Gasteiger partial charge in [0.2, 0.25) is 0 Å². The van der Waals surface area contributed by atoms with Crippen molar-refractivity contribution < 1.29 is 18.6 Å². The van der Waals surface area contributed by atoms with Crippen molar-refractivity contribution in [2.45, 2.75) is 44.0 Å². The lowest BCUT2D eigenvalue weighted by molar-refractivity contribution is -0.0366. The molecule has 1 saturated heterocycles. The van der Waals surface area contributed by atoms with E-state index >= 15 is 0 Å². The Bertz CT molecular complexity index is 1270. The first kappa shape index (κ1) is 22.4. The molecule has 0 aliphatic carbocycles. The van der Waals surface area contributed by atoms with Crippen molar-refractivity contribution in [2.24, 2.45) is 0 Å². The summed E-state index contributed by atoms with van der Waals surface area (Å²) in [5.74, 6) is -1.56. The maximum Gasteiger partial charge on any atom is 0.137 e. The van der Waals surface area contributed by atoms with Crippen LogP contribution in [0.3, 0.4) is 0 Å². The first-order valence-electron chi connectivity index (χ1n) is 11.3. The van der Waals surface area contributed by atoms with E-state index < -0.39 is 23.3 Å². The molecule has 0 amide bonds. The lowest BCUT2D eigenvalue weighted by atomic mass is 9.86. The quantitative estimate of drug-likeness (QED) is 0.430. The smallest absolute Gasteiger partial charge is 0.137 e. The van der Waals surface area contributed by atoms with E-state index in [2.05, 4.69) is 20.5 Å². The predicted molar refractivity (Wildman–Crippen MR) is 122 cm³/mol. The number of anilines is 1. The average Bonchev–Trinajstić information content (AvgIpc) is 3.48. The van der Waals surface area contributed by atoms with E-state index in [1.807, 2.05) is 24.4 Å². The van der Waals surface area contributed by atoms with Gasteiger partial charge in [-0.05, 0) is 44.0 Å². The maximum absolute atomic E-state index is 14.8. The Hall–Kier alpha value is -3.37. The molecule has 178 valence electrons. The van der Waals surface area contributed by atoms with Gasteiger partial charge < -0.3 is 15.2 Å². The SMILES string of the molecule is C[C@@H](n1cc2cc(NC3CCOCC3)ccc2n1)[C@](O)(Cn1cncn1)c1ccc(F)cc1F. The summed E-state index contributed by atoms with van der Waals surface area (Å²) in [6.45, 7) is 3.15. The van der Waals surface area contributed by atoms with Crippen LogP contribution >= 0.6 is 0 Å². The summed E-state index contributed by atoms with van der Waals surface area (Å²) in [4.78, 5) is 3.91. The first-order valence-corrected chi connectivity index (χ1v) is 11.3. The van der Waals surface area contributed by atoms with E-state index in [0.717, 1.165) is 54.8 Å². The number of aromatic nitrogens is 5. The second-order valence-corrected chi connectivity index (χ2v) is 8.73. The van der Waals surface area contributed by atoms with Gasteiger partial charge in [-0.2, -0.15) is 10.2 Å². The number of nitrogens with one attached hydrogen (secondary N) is 1. The molecule has 2 aromatic heterocycles. The van der Waals surface area contributed by atoms with Gasteiger partial charge in [0.15, 0.2) is 0 Å². The molecule has 0 bridgehead atoms. The minimum atomic E-state index is -1.78. The van der Waals surface area contributed by atoms with Gasteiger partial charge in [-0.25, -0.2) is 18.4 Å². The van der Waals surface area contributed by atoms with Gasteiger partial charge in [-0.1, -0.05) is 6.07 Å². The monoisotopic (exact) mass is 468 g/mol. The summed E-state index contributed by atoms with van der Waals surface area (Å²) in [6.07, 6.45) is 6.50. The molecule has 0 radical (unpaired) electrons. The largest absolute Gasteiger partial charge is 0.382 e. The van der Waals surface area contributed by atoms with Crippen molar-refractivity contribution in [1.29, 1.82) is 0 Å². The van der Waals surface area contributed by atoms with Crippen LogP contribution in [-0.4, -0.2) is 48.9 Å². The van der Waals surface area contributed by atoms with Crippen LogP contribution in [-0.2, 0) is 16.9 Å². The van der Waals surface area contributed by atoms with Crippen molar-refractivity contribution in [2.75, 3.05) is 18.5 Å². The number of rotatable bonds is 7. The fraction of sp³-hybridized carbons (Fsp3) is 0.375. The highest BCUT2D eigenvalue weighted by molar-refractivity contribution is 5.82. The normalized spacial score (nSPS) is 17.5. The minimum Gasteiger partial charge on any atom is -0.382 e. The molecule has 5 rings (SSSR count). The van der Waals surface area contributed by atoms with Crippen LogP contribution in [0.1, 0.15) is 31.4 Å². The third kappa shape index (κ3) is 4.38. The lowest BCUT2D eigenvalue weighted by Crippen LogP contribution is -2.40. The Morgan fingerprint density at radius 3 is 2.76 bits per heavy atom. The molecule has 8 nitrogen and oxygen atoms in total. The van der Waals surface area contributed by atoms with Gasteiger partial charge in [0, 0.05) is 48.2 Å². The molecule has 2 N–H and O–H groups in total. The van der Waals surface area contributed by atoms with Gasteiger partial charge in [0.1, 0.15) is 29.9 Å². The third-order valence-corrected chi connectivity index (χ3v) is 6.47. The standard InChI is InChI=1S/C24H26F2N6O2/c1-16(24(33,13-31-15-27-14-28-31)21-4-2-18(25)11-22(21)26)32-12-17-10-20(3-5-23(17)30-32)29-19-6-8-34-9-7-19/h2-5,10-12,14-16,19,29,33H,6-9,13H2,1H3/t16-,24-/m1/s1. The highest BCUT2D eigenvalue weighted by Gasteiger charge is 2.41. The third-order valence-electron chi connectivity index (χ3n) is 6.47. The molecular formula is C24H26F2N6O2. The fourth-order valence-corrected chi connectivity index (χ4v) is 4.47. The van der Waals surface area contributed by atoms with Gasteiger partial charge >= 0.3 is 0 Å². The van der Waals surface area contributed by atoms with Crippen LogP contribution in [0.2, 0.25) is 0 Å². The fourth-order valence-electron chi connectivity index (χ4n) is 4.47. The zero-order valence-corrected chi connectivity index (χ0v) is 18.7. The van der Waals surface area contributed by atoms with Crippen LogP contribution in [0.25, 0.3) is 10.9 Å². The van der Waals surface area contributed by atoms with Crippen LogP contribution in [0.4, 0.5) is 14.5 Å². The van der Waals surface area contributed by atoms with Gasteiger partial charge in [0.05, 0.1) is 18.1 Å². The van der Waals surface area contributed by atoms with E-state index in [4.69, 9.17) is 4.74 Å². The molecule has 0 unspecified atom stereocenters. The van der Waals surface area contributed by atoms with Crippen LogP contribution in [0, 0.1) is 11.6 Å². The molecular weight excluding hydrogens is 442 g/mol. The summed E-state index contributed by atoms with van der Waals surface area (Å²) in [5.41, 5.74) is -0.101. The van der Waals surface area contributed by atoms with Crippen molar-refractivity contribution in [1.82, 2.24) is 24.5 Å². The molecule has 1 aliphatic heterocycles. The van der Waals surface area contributed by atoms with Gasteiger partial charge in [-0.15, -0.1) is 0 Å². The Morgan fingerprint density at radius 1 is 1.21 bits per heavy atom. The summed E-state index contributed by atoms with van der Waals surface area (Å²) < 4.78 is 36.9. The number of halogens is 2. The van der Waals surface area contributed by atoms with E-state index in [0.29, 0.717) is 6.04 Å². The Balaban J connectivity index is 1.48. The Kier molecular flexibility index (Phi) is 6.01. The molecule has 2 atom stereocenters. The van der Waals surface area contributed by atoms with Crippen LogP contribution in [0.5, 0.6) is 0 Å². The number of aliphatic hydroxyl groups is 1. The summed E-state index contributed by atoms with van der Waals surface area (Å²) in [7, 11) is 0. The van der Waals surface area contributed by atoms with Crippen molar-refractivity contribution in [3.05, 3.63) is 72.4 Å². The second-order valence-electron chi connectivity index (χ2n) is 8.73. The second kappa shape index (κ2) is 9.11. The number of hydrogen-bond acceptors (Lipinski definition) is 6. The average molecular weight is 469 g/mol. The Labute approximate surface area is 195 Å². The molecule has 34 heavy (non-hydrogen) atoms. The molecule has 10 heteroatoms. The maximum atomic E-state index is 14.8. The van der Waals surface area contributed by atoms with Crippen molar-refractivity contribution >= 4 is 16.6 Å². The van der Waals surface area contributed by atoms with E-state index in [1.165, 1.54) is 23.4 Å². The van der Waals surface area contributed by atoms with Gasteiger partial charge in [-0.3, -0.25) is 4.68 Å². The molecule has 1 fully saturated rings. The molecule has 2 aromatic carbocycles. The van der Waals surface area contributed by atoms with E-state index in [1.54, 1.807) is 11.6 Å². The lowest BCUT2D eigenvalue weighted by Gasteiger charge is -2.34. The van der Waals surface area contributed by atoms with Crippen LogP contribution < -0.4 is 5.32 Å². The van der Waals surface area contributed by atoms with E-state index in [-0.39, 0.29) is 12.1 Å². The topological polar surface area (TPSA) is 90.0 Å². The van der Waals surface area contributed by atoms with Crippen molar-refractivity contribution in [3.63, 3.8) is 0 Å². The molecule has 4 aromatic rings. The number of nitrogens with zero attached hydrogens (tertiary/aromatic N) is 5. The molecule has 0 saturated carbocycles. The molecule has 1 aliphatic rings.